The molecule has 4 rings (SSSR count). The number of hydrogen-bond donors (Lipinski definition) is 2. The van der Waals surface area contributed by atoms with Gasteiger partial charge in [0.2, 0.25) is 5.88 Å². The van der Waals surface area contributed by atoms with Crippen LogP contribution >= 0.6 is 0 Å². The Morgan fingerprint density at radius 2 is 2.10 bits per heavy atom. The monoisotopic (exact) mass is 408 g/mol. The second kappa shape index (κ2) is 7.89. The molecular formula is C23H25FN4O2. The summed E-state index contributed by atoms with van der Waals surface area (Å²) in [5, 5.41) is 3.57. The van der Waals surface area contributed by atoms with E-state index in [1.807, 2.05) is 0 Å². The summed E-state index contributed by atoms with van der Waals surface area (Å²) in [5.74, 6) is -0.712. The molecule has 156 valence electrons. The molecule has 30 heavy (non-hydrogen) atoms. The largest absolute Gasteiger partial charge is 0.474 e. The normalized spacial score (nSPS) is 18.2. The van der Waals surface area contributed by atoms with E-state index in [1.54, 1.807) is 30.5 Å². The highest BCUT2D eigenvalue weighted by atomic mass is 19.1. The van der Waals surface area contributed by atoms with Crippen molar-refractivity contribution in [1.82, 2.24) is 9.97 Å². The molecule has 0 radical (unpaired) electrons. The number of ether oxygens (including phenoxy) is 1. The summed E-state index contributed by atoms with van der Waals surface area (Å²) in [7, 11) is 0. The Hall–Kier alpha value is -3.22. The molecule has 0 saturated heterocycles. The van der Waals surface area contributed by atoms with Gasteiger partial charge in [-0.1, -0.05) is 13.8 Å². The van der Waals surface area contributed by atoms with E-state index in [0.29, 0.717) is 22.3 Å². The first-order chi connectivity index (χ1) is 14.3. The molecule has 7 heteroatoms. The van der Waals surface area contributed by atoms with Crippen LogP contribution in [0.25, 0.3) is 10.8 Å². The van der Waals surface area contributed by atoms with E-state index in [2.05, 4.69) is 29.1 Å². The lowest BCUT2D eigenvalue weighted by Crippen LogP contribution is -2.30. The van der Waals surface area contributed by atoms with Gasteiger partial charge >= 0.3 is 0 Å². The van der Waals surface area contributed by atoms with Gasteiger partial charge in [0.05, 0.1) is 11.1 Å². The van der Waals surface area contributed by atoms with Gasteiger partial charge in [-0.15, -0.1) is 0 Å². The average Bonchev–Trinajstić information content (AvgIpc) is 2.67. The smallest absolute Gasteiger partial charge is 0.276 e. The fourth-order valence-corrected chi connectivity index (χ4v) is 4.08. The number of halogens is 1. The number of hydrogen-bond acceptors (Lipinski definition) is 5. The lowest BCUT2D eigenvalue weighted by Gasteiger charge is -2.35. The molecule has 1 aromatic carbocycles. The topological polar surface area (TPSA) is 90.1 Å². The number of benzene rings is 1. The Bertz CT molecular complexity index is 1100. The molecule has 1 atom stereocenters. The predicted molar refractivity (Wildman–Crippen MR) is 115 cm³/mol. The van der Waals surface area contributed by atoms with E-state index >= 15 is 4.39 Å². The summed E-state index contributed by atoms with van der Waals surface area (Å²) in [6.45, 7) is 4.45. The highest BCUT2D eigenvalue weighted by Crippen LogP contribution is 2.38. The summed E-state index contributed by atoms with van der Waals surface area (Å²) in [4.78, 5) is 20.7. The Labute approximate surface area is 174 Å². The zero-order valence-electron chi connectivity index (χ0n) is 17.1. The van der Waals surface area contributed by atoms with E-state index in [4.69, 9.17) is 10.5 Å². The minimum absolute atomic E-state index is 0.0118. The van der Waals surface area contributed by atoms with E-state index in [9.17, 15) is 4.79 Å². The molecule has 3 aromatic rings. The lowest BCUT2D eigenvalue weighted by atomic mass is 9.76. The Morgan fingerprint density at radius 3 is 2.87 bits per heavy atom. The molecule has 1 amide bonds. The van der Waals surface area contributed by atoms with Crippen molar-refractivity contribution in [2.45, 2.75) is 45.6 Å². The number of pyridine rings is 2. The summed E-state index contributed by atoms with van der Waals surface area (Å²) in [5.41, 5.74) is 6.67. The minimum Gasteiger partial charge on any atom is -0.474 e. The van der Waals surface area contributed by atoms with Crippen LogP contribution in [0.3, 0.4) is 0 Å². The van der Waals surface area contributed by atoms with Crippen LogP contribution in [-0.4, -0.2) is 22.0 Å². The number of carbonyl (C=O) groups excluding carboxylic acids is 1. The van der Waals surface area contributed by atoms with Crippen LogP contribution in [0, 0.1) is 11.2 Å². The molecule has 6 nitrogen and oxygen atoms in total. The van der Waals surface area contributed by atoms with E-state index in [-0.39, 0.29) is 22.9 Å². The highest BCUT2D eigenvalue weighted by Gasteiger charge is 2.30. The second-order valence-corrected chi connectivity index (χ2v) is 8.57. The number of nitrogens with zero attached hydrogens (tertiary/aromatic N) is 2. The molecule has 3 N–H and O–H groups in total. The van der Waals surface area contributed by atoms with Crippen molar-refractivity contribution in [3.63, 3.8) is 0 Å². The molecule has 2 aromatic heterocycles. The minimum atomic E-state index is -0.505. The number of nitrogens with two attached hydrogens (primary N) is 1. The van der Waals surface area contributed by atoms with E-state index < -0.39 is 11.7 Å². The van der Waals surface area contributed by atoms with Crippen LogP contribution in [0.5, 0.6) is 5.88 Å². The van der Waals surface area contributed by atoms with Crippen LogP contribution in [0.1, 0.15) is 50.0 Å². The number of rotatable bonds is 4. The van der Waals surface area contributed by atoms with Crippen molar-refractivity contribution in [3.8, 4) is 5.88 Å². The number of nitrogen functional groups attached to an aromatic ring is 1. The fourth-order valence-electron chi connectivity index (χ4n) is 4.08. The van der Waals surface area contributed by atoms with Gasteiger partial charge in [0, 0.05) is 18.1 Å². The predicted octanol–water partition coefficient (Wildman–Crippen LogP) is 4.95. The summed E-state index contributed by atoms with van der Waals surface area (Å²) >= 11 is 0. The van der Waals surface area contributed by atoms with Gasteiger partial charge in [0.1, 0.15) is 11.9 Å². The summed E-state index contributed by atoms with van der Waals surface area (Å²) in [6.07, 6.45) is 7.17. The van der Waals surface area contributed by atoms with Crippen LogP contribution in [0.4, 0.5) is 15.8 Å². The van der Waals surface area contributed by atoms with Crippen molar-refractivity contribution in [3.05, 3.63) is 54.2 Å². The van der Waals surface area contributed by atoms with Crippen molar-refractivity contribution < 1.29 is 13.9 Å². The number of aromatic nitrogens is 2. The lowest BCUT2D eigenvalue weighted by molar-refractivity contribution is 0.0826. The fraction of sp³-hybridized carbons (Fsp3) is 0.348. The molecule has 2 heterocycles. The van der Waals surface area contributed by atoms with Gasteiger partial charge in [0.25, 0.3) is 5.91 Å². The molecule has 1 aliphatic rings. The molecule has 1 unspecified atom stereocenters. The summed E-state index contributed by atoms with van der Waals surface area (Å²) < 4.78 is 21.2. The average molecular weight is 408 g/mol. The van der Waals surface area contributed by atoms with Gasteiger partial charge in [0.15, 0.2) is 5.69 Å². The Balaban J connectivity index is 1.60. The SMILES string of the molecule is CC1(C)CCCC(Oc2nccc3cc(NC(=O)c4ncccc4N)cc(F)c23)C1. The highest BCUT2D eigenvalue weighted by molar-refractivity contribution is 6.07. The molecule has 0 aliphatic heterocycles. The van der Waals surface area contributed by atoms with Crippen molar-refractivity contribution >= 4 is 28.1 Å². The van der Waals surface area contributed by atoms with Crippen LogP contribution < -0.4 is 15.8 Å². The van der Waals surface area contributed by atoms with Gasteiger partial charge < -0.3 is 15.8 Å². The molecule has 1 saturated carbocycles. The number of carbonyl (C=O) groups is 1. The summed E-state index contributed by atoms with van der Waals surface area (Å²) in [6, 6.07) is 7.88. The second-order valence-electron chi connectivity index (χ2n) is 8.57. The number of anilines is 2. The zero-order valence-corrected chi connectivity index (χ0v) is 17.1. The van der Waals surface area contributed by atoms with Crippen LogP contribution in [0.15, 0.2) is 42.7 Å². The van der Waals surface area contributed by atoms with Crippen LogP contribution in [-0.2, 0) is 0 Å². The van der Waals surface area contributed by atoms with Gasteiger partial charge in [-0.25, -0.2) is 14.4 Å². The third-order valence-corrected chi connectivity index (χ3v) is 5.53. The van der Waals surface area contributed by atoms with Gasteiger partial charge in [-0.3, -0.25) is 4.79 Å². The maximum absolute atomic E-state index is 15.0. The molecule has 0 spiro atoms. The third kappa shape index (κ3) is 4.20. The quantitative estimate of drug-likeness (QED) is 0.637. The Morgan fingerprint density at radius 1 is 1.27 bits per heavy atom. The molecule has 0 bridgehead atoms. The maximum atomic E-state index is 15.0. The van der Waals surface area contributed by atoms with Gasteiger partial charge in [-0.2, -0.15) is 0 Å². The first kappa shape index (κ1) is 20.1. The van der Waals surface area contributed by atoms with E-state index in [1.165, 1.54) is 12.3 Å². The molecule has 1 fully saturated rings. The molecular weight excluding hydrogens is 383 g/mol. The first-order valence-electron chi connectivity index (χ1n) is 10.1. The standard InChI is InChI=1S/C23H25FN4O2/c1-23(2)8-3-5-16(13-23)30-22-19-14(7-10-27-22)11-15(12-17(19)24)28-21(29)20-18(25)6-4-9-26-20/h4,6-7,9-12,16H,3,5,8,13,25H2,1-2H3,(H,28,29). The number of nitrogens with one attached hydrogen (secondary N) is 1. The maximum Gasteiger partial charge on any atom is 0.276 e. The van der Waals surface area contributed by atoms with E-state index in [0.717, 1.165) is 25.7 Å². The van der Waals surface area contributed by atoms with Crippen molar-refractivity contribution in [2.24, 2.45) is 5.41 Å². The number of amides is 1. The van der Waals surface area contributed by atoms with Crippen LogP contribution in [0.2, 0.25) is 0 Å². The van der Waals surface area contributed by atoms with Crippen molar-refractivity contribution in [2.75, 3.05) is 11.1 Å². The number of fused-ring (bicyclic) bond motifs is 1. The third-order valence-electron chi connectivity index (χ3n) is 5.53. The van der Waals surface area contributed by atoms with Gasteiger partial charge in [-0.05, 0) is 66.8 Å². The molecule has 1 aliphatic carbocycles. The van der Waals surface area contributed by atoms with Crippen molar-refractivity contribution in [1.29, 1.82) is 0 Å². The first-order valence-corrected chi connectivity index (χ1v) is 10.1. The zero-order chi connectivity index (χ0) is 21.3. The Kier molecular flexibility index (Phi) is 5.28.